The highest BCUT2D eigenvalue weighted by Crippen LogP contribution is 2.48. The molecule has 1 amide bonds. The van der Waals surface area contributed by atoms with Crippen LogP contribution in [0.15, 0.2) is 60.4 Å². The molecular weight excluding hydrogens is 386 g/mol. The number of carbonyl (C=O) groups is 2. The predicted molar refractivity (Wildman–Crippen MR) is 109 cm³/mol. The van der Waals surface area contributed by atoms with Crippen molar-refractivity contribution >= 4 is 23.6 Å². The van der Waals surface area contributed by atoms with Gasteiger partial charge in [0.2, 0.25) is 5.91 Å². The van der Waals surface area contributed by atoms with Gasteiger partial charge in [-0.2, -0.15) is 0 Å². The first kappa shape index (κ1) is 18.2. The number of hydrazine groups is 1. The van der Waals surface area contributed by atoms with Crippen molar-refractivity contribution in [3.05, 3.63) is 77.1 Å². The highest BCUT2D eigenvalue weighted by Gasteiger charge is 2.48. The van der Waals surface area contributed by atoms with E-state index in [2.05, 4.69) is 22.5 Å². The molecule has 1 spiro atoms. The lowest BCUT2D eigenvalue weighted by Crippen LogP contribution is -2.44. The number of pyridine rings is 1. The Morgan fingerprint density at radius 3 is 2.79 bits per heavy atom. The van der Waals surface area contributed by atoms with E-state index in [4.69, 9.17) is 4.74 Å². The molecule has 2 aromatic rings. The highest BCUT2D eigenvalue weighted by molar-refractivity contribution is 8.02. The Balaban J connectivity index is 1.24. The number of esters is 1. The Hall–Kier alpha value is -2.80. The van der Waals surface area contributed by atoms with Gasteiger partial charge in [0.25, 0.3) is 0 Å². The first-order valence-electron chi connectivity index (χ1n) is 9.80. The maximum Gasteiger partial charge on any atom is 0.339 e. The van der Waals surface area contributed by atoms with Crippen molar-refractivity contribution in [2.24, 2.45) is 5.92 Å². The maximum atomic E-state index is 12.9. The number of carbonyl (C=O) groups excluding carboxylic acids is 2. The molecule has 1 aromatic carbocycles. The van der Waals surface area contributed by atoms with Crippen LogP contribution in [0, 0.1) is 5.92 Å². The molecule has 5 rings (SSSR count). The Morgan fingerprint density at radius 2 is 2.00 bits per heavy atom. The fourth-order valence-electron chi connectivity index (χ4n) is 4.43. The molecule has 1 N–H and O–H groups in total. The van der Waals surface area contributed by atoms with E-state index >= 15 is 0 Å². The van der Waals surface area contributed by atoms with Gasteiger partial charge < -0.3 is 4.74 Å². The molecule has 148 valence electrons. The van der Waals surface area contributed by atoms with E-state index in [1.807, 2.05) is 34.8 Å². The van der Waals surface area contributed by atoms with Crippen LogP contribution >= 0.6 is 11.8 Å². The lowest BCUT2D eigenvalue weighted by atomic mass is 9.75. The number of hydrogen-bond donors (Lipinski definition) is 1. The molecule has 6 nitrogen and oxygen atoms in total. The van der Waals surface area contributed by atoms with E-state index in [0.717, 1.165) is 11.1 Å². The van der Waals surface area contributed by atoms with Crippen molar-refractivity contribution in [3.8, 4) is 0 Å². The maximum absolute atomic E-state index is 12.9. The van der Waals surface area contributed by atoms with Gasteiger partial charge >= 0.3 is 5.97 Å². The summed E-state index contributed by atoms with van der Waals surface area (Å²) in [7, 11) is 0. The number of ether oxygens (including phenoxy) is 1. The lowest BCUT2D eigenvalue weighted by Gasteiger charge is -2.36. The SMILES string of the molecule is O=C1O[C@]2(CC[C@@H](C(=O)NN3C=CSC3c3ccccc3)CC2)c2cnccc21. The Kier molecular flexibility index (Phi) is 4.54. The number of nitrogens with zero attached hydrogens (tertiary/aromatic N) is 2. The number of thioether (sulfide) groups is 1. The molecular formula is C22H21N3O3S. The standard InChI is InChI=1S/C22H21N3O3S/c26-19(24-25-12-13-29-20(25)16-4-2-1-3-5-16)15-6-9-22(10-7-15)18-14-23-11-8-17(18)21(27)28-22/h1-5,8,11-15,20H,6-7,9-10H2,(H,24,26)/t15-,20?,22+. The van der Waals surface area contributed by atoms with Gasteiger partial charge in [-0.05, 0) is 42.7 Å². The van der Waals surface area contributed by atoms with Gasteiger partial charge in [0.15, 0.2) is 0 Å². The van der Waals surface area contributed by atoms with Crippen molar-refractivity contribution < 1.29 is 14.3 Å². The molecule has 3 heterocycles. The van der Waals surface area contributed by atoms with Crippen molar-refractivity contribution in [2.75, 3.05) is 0 Å². The van der Waals surface area contributed by atoms with Crippen LogP contribution in [0.25, 0.3) is 0 Å². The number of aromatic nitrogens is 1. The minimum absolute atomic E-state index is 0.0173. The monoisotopic (exact) mass is 407 g/mol. The molecule has 1 fully saturated rings. The Bertz CT molecular complexity index is 970. The van der Waals surface area contributed by atoms with E-state index in [0.29, 0.717) is 31.2 Å². The lowest BCUT2D eigenvalue weighted by molar-refractivity contribution is -0.132. The molecule has 1 atom stereocenters. The van der Waals surface area contributed by atoms with Gasteiger partial charge in [-0.25, -0.2) is 4.79 Å². The summed E-state index contributed by atoms with van der Waals surface area (Å²) in [6.45, 7) is 0. The number of fused-ring (bicyclic) bond motifs is 2. The summed E-state index contributed by atoms with van der Waals surface area (Å²) in [6.07, 6.45) is 7.89. The average molecular weight is 407 g/mol. The van der Waals surface area contributed by atoms with Crippen LogP contribution < -0.4 is 5.43 Å². The second-order valence-corrected chi connectivity index (χ2v) is 8.64. The van der Waals surface area contributed by atoms with E-state index in [1.54, 1.807) is 30.2 Å². The van der Waals surface area contributed by atoms with E-state index < -0.39 is 5.60 Å². The number of nitrogens with one attached hydrogen (secondary N) is 1. The smallest absolute Gasteiger partial charge is 0.339 e. The summed E-state index contributed by atoms with van der Waals surface area (Å²) in [6, 6.07) is 11.8. The summed E-state index contributed by atoms with van der Waals surface area (Å²) in [4.78, 5) is 29.3. The van der Waals surface area contributed by atoms with Gasteiger partial charge in [0, 0.05) is 30.1 Å². The topological polar surface area (TPSA) is 71.5 Å². The highest BCUT2D eigenvalue weighted by atomic mass is 32.2. The van der Waals surface area contributed by atoms with Crippen molar-refractivity contribution in [1.29, 1.82) is 0 Å². The van der Waals surface area contributed by atoms with Crippen molar-refractivity contribution in [1.82, 2.24) is 15.4 Å². The zero-order chi connectivity index (χ0) is 19.8. The van der Waals surface area contributed by atoms with Crippen LogP contribution in [0.4, 0.5) is 0 Å². The van der Waals surface area contributed by atoms with Gasteiger partial charge in [-0.3, -0.25) is 20.2 Å². The number of rotatable bonds is 3. The van der Waals surface area contributed by atoms with Crippen molar-refractivity contribution in [2.45, 2.75) is 36.7 Å². The van der Waals surface area contributed by atoms with Gasteiger partial charge in [0.05, 0.1) is 5.56 Å². The van der Waals surface area contributed by atoms with Crippen LogP contribution in [-0.4, -0.2) is 21.9 Å². The zero-order valence-corrected chi connectivity index (χ0v) is 16.6. The molecule has 1 saturated carbocycles. The average Bonchev–Trinajstić information content (AvgIpc) is 3.32. The molecule has 7 heteroatoms. The van der Waals surface area contributed by atoms with Gasteiger partial charge in [0.1, 0.15) is 11.0 Å². The number of hydrogen-bond acceptors (Lipinski definition) is 6. The summed E-state index contributed by atoms with van der Waals surface area (Å²) < 4.78 is 5.76. The molecule has 3 aliphatic rings. The second kappa shape index (κ2) is 7.22. The molecule has 0 saturated heterocycles. The summed E-state index contributed by atoms with van der Waals surface area (Å²) in [5.41, 5.74) is 5.07. The molecule has 0 bridgehead atoms. The van der Waals surface area contributed by atoms with Crippen LogP contribution in [0.1, 0.15) is 52.5 Å². The predicted octanol–water partition coefficient (Wildman–Crippen LogP) is 3.89. The molecule has 2 aliphatic heterocycles. The fraction of sp³-hybridized carbons (Fsp3) is 0.318. The van der Waals surface area contributed by atoms with E-state index in [9.17, 15) is 9.59 Å². The second-order valence-electron chi connectivity index (χ2n) is 7.65. The summed E-state index contributed by atoms with van der Waals surface area (Å²) >= 11 is 1.67. The number of amides is 1. The Morgan fingerprint density at radius 1 is 1.21 bits per heavy atom. The van der Waals surface area contributed by atoms with Gasteiger partial charge in [-0.15, -0.1) is 11.8 Å². The summed E-state index contributed by atoms with van der Waals surface area (Å²) in [5, 5.41) is 3.92. The molecule has 1 aliphatic carbocycles. The quantitative estimate of drug-likeness (QED) is 0.779. The van der Waals surface area contributed by atoms with Crippen molar-refractivity contribution in [3.63, 3.8) is 0 Å². The summed E-state index contributed by atoms with van der Waals surface area (Å²) in [5.74, 6) is -0.366. The third kappa shape index (κ3) is 3.19. The first-order valence-corrected chi connectivity index (χ1v) is 10.7. The normalized spacial score (nSPS) is 27.7. The molecule has 1 aromatic heterocycles. The Labute approximate surface area is 173 Å². The minimum atomic E-state index is -0.618. The zero-order valence-electron chi connectivity index (χ0n) is 15.8. The van der Waals surface area contributed by atoms with Crippen LogP contribution in [0.2, 0.25) is 0 Å². The van der Waals surface area contributed by atoms with Crippen LogP contribution in [-0.2, 0) is 15.1 Å². The first-order chi connectivity index (χ1) is 14.2. The van der Waals surface area contributed by atoms with Gasteiger partial charge in [-0.1, -0.05) is 30.3 Å². The molecule has 0 radical (unpaired) electrons. The fourth-order valence-corrected chi connectivity index (χ4v) is 5.35. The molecule has 1 unspecified atom stereocenters. The third-order valence-corrected chi connectivity index (χ3v) is 7.03. The van der Waals surface area contributed by atoms with E-state index in [-0.39, 0.29) is 23.2 Å². The van der Waals surface area contributed by atoms with Crippen LogP contribution in [0.5, 0.6) is 0 Å². The van der Waals surface area contributed by atoms with Crippen LogP contribution in [0.3, 0.4) is 0 Å². The largest absolute Gasteiger partial charge is 0.450 e. The minimum Gasteiger partial charge on any atom is -0.450 e. The van der Waals surface area contributed by atoms with E-state index in [1.165, 1.54) is 0 Å². The number of benzene rings is 1. The molecule has 29 heavy (non-hydrogen) atoms. The third-order valence-electron chi connectivity index (χ3n) is 5.99.